The largest absolute Gasteiger partial charge is 0.310 e. The zero-order chi connectivity index (χ0) is 14.9. The highest BCUT2D eigenvalue weighted by Crippen LogP contribution is 2.46. The average Bonchev–Trinajstić information content (AvgIpc) is 3.39. The molecular formula is C15H22N2O2S2. The van der Waals surface area contributed by atoms with Crippen LogP contribution in [0.25, 0.3) is 0 Å². The van der Waals surface area contributed by atoms with Crippen molar-refractivity contribution < 1.29 is 8.42 Å². The molecule has 2 N–H and O–H groups in total. The Morgan fingerprint density at radius 1 is 1.24 bits per heavy atom. The van der Waals surface area contributed by atoms with Crippen molar-refractivity contribution in [3.8, 4) is 0 Å². The van der Waals surface area contributed by atoms with Crippen LogP contribution in [-0.4, -0.2) is 32.0 Å². The van der Waals surface area contributed by atoms with E-state index in [9.17, 15) is 8.42 Å². The molecule has 0 bridgehead atoms. The molecule has 2 aliphatic rings. The summed E-state index contributed by atoms with van der Waals surface area (Å²) in [4.78, 5) is 0.356. The minimum absolute atomic E-state index is 0.140. The maximum Gasteiger partial charge on any atom is 0.240 e. The van der Waals surface area contributed by atoms with E-state index < -0.39 is 10.0 Å². The third-order valence-electron chi connectivity index (χ3n) is 4.23. The summed E-state index contributed by atoms with van der Waals surface area (Å²) >= 11 is 1.76. The van der Waals surface area contributed by atoms with Crippen LogP contribution in [0.15, 0.2) is 29.2 Å². The fraction of sp³-hybridized carbons (Fsp3) is 0.600. The predicted molar refractivity (Wildman–Crippen MR) is 87.0 cm³/mol. The molecule has 6 heteroatoms. The number of rotatable bonds is 8. The van der Waals surface area contributed by atoms with Crippen molar-refractivity contribution in [3.63, 3.8) is 0 Å². The number of benzene rings is 1. The van der Waals surface area contributed by atoms with Crippen LogP contribution in [0.2, 0.25) is 0 Å². The maximum absolute atomic E-state index is 12.3. The smallest absolute Gasteiger partial charge is 0.240 e. The van der Waals surface area contributed by atoms with Gasteiger partial charge in [0.2, 0.25) is 10.0 Å². The van der Waals surface area contributed by atoms with Crippen LogP contribution in [0.1, 0.15) is 31.2 Å². The molecule has 0 spiro atoms. The molecule has 0 aliphatic heterocycles. The summed E-state index contributed by atoms with van der Waals surface area (Å²) in [5.74, 6) is 0. The molecule has 116 valence electrons. The molecule has 0 atom stereocenters. The van der Waals surface area contributed by atoms with E-state index in [0.29, 0.717) is 17.5 Å². The van der Waals surface area contributed by atoms with Gasteiger partial charge in [-0.15, -0.1) is 0 Å². The minimum Gasteiger partial charge on any atom is -0.310 e. The summed E-state index contributed by atoms with van der Waals surface area (Å²) in [5.41, 5.74) is 1.13. The van der Waals surface area contributed by atoms with Crippen LogP contribution in [0.5, 0.6) is 0 Å². The summed E-state index contributed by atoms with van der Waals surface area (Å²) < 4.78 is 27.4. The third kappa shape index (κ3) is 4.00. The van der Waals surface area contributed by atoms with E-state index in [1.165, 1.54) is 12.8 Å². The molecule has 1 aromatic rings. The van der Waals surface area contributed by atoms with Gasteiger partial charge in [-0.1, -0.05) is 12.1 Å². The average molecular weight is 326 g/mol. The second-order valence-electron chi connectivity index (χ2n) is 6.01. The molecule has 3 rings (SSSR count). The first-order valence-corrected chi connectivity index (χ1v) is 10.1. The van der Waals surface area contributed by atoms with Crippen LogP contribution in [0, 0.1) is 0 Å². The van der Waals surface area contributed by atoms with Gasteiger partial charge < -0.3 is 5.32 Å². The maximum atomic E-state index is 12.3. The highest BCUT2D eigenvalue weighted by atomic mass is 32.2. The molecule has 0 unspecified atom stereocenters. The molecule has 2 fully saturated rings. The molecule has 4 nitrogen and oxygen atoms in total. The van der Waals surface area contributed by atoms with Crippen LogP contribution < -0.4 is 10.0 Å². The van der Waals surface area contributed by atoms with Crippen LogP contribution in [0.3, 0.4) is 0 Å². The number of nitrogens with one attached hydrogen (secondary N) is 2. The van der Waals surface area contributed by atoms with Crippen LogP contribution >= 0.6 is 11.8 Å². The molecule has 1 aromatic carbocycles. The van der Waals surface area contributed by atoms with Crippen LogP contribution in [0.4, 0.5) is 0 Å². The van der Waals surface area contributed by atoms with Gasteiger partial charge in [-0.3, -0.25) is 0 Å². The van der Waals surface area contributed by atoms with Gasteiger partial charge >= 0.3 is 0 Å². The Bertz CT molecular complexity index is 591. The van der Waals surface area contributed by atoms with E-state index in [1.54, 1.807) is 23.9 Å². The number of thioether (sulfide) groups is 1. The van der Waals surface area contributed by atoms with E-state index in [4.69, 9.17) is 0 Å². The lowest BCUT2D eigenvalue weighted by atomic mass is 10.2. The van der Waals surface area contributed by atoms with Gasteiger partial charge in [-0.2, -0.15) is 11.8 Å². The summed E-state index contributed by atoms with van der Waals surface area (Å²) in [5, 5.41) is 3.42. The van der Waals surface area contributed by atoms with Crippen molar-refractivity contribution in [2.24, 2.45) is 0 Å². The highest BCUT2D eigenvalue weighted by molar-refractivity contribution is 8.00. The van der Waals surface area contributed by atoms with Crippen molar-refractivity contribution in [3.05, 3.63) is 29.8 Å². The second kappa shape index (κ2) is 5.91. The monoisotopic (exact) mass is 326 g/mol. The van der Waals surface area contributed by atoms with Gasteiger partial charge in [0.1, 0.15) is 0 Å². The Kier molecular flexibility index (Phi) is 4.32. The SMILES string of the molecule is CSC1(CNS(=O)(=O)c2ccc(CNC3CC3)cc2)CC1. The Balaban J connectivity index is 1.58. The van der Waals surface area contributed by atoms with E-state index in [2.05, 4.69) is 10.0 Å². The Morgan fingerprint density at radius 3 is 2.43 bits per heavy atom. The van der Waals surface area contributed by atoms with Gasteiger partial charge in [0, 0.05) is 23.9 Å². The van der Waals surface area contributed by atoms with E-state index in [-0.39, 0.29) is 4.75 Å². The molecule has 0 aromatic heterocycles. The normalized spacial score (nSPS) is 20.4. The van der Waals surface area contributed by atoms with E-state index >= 15 is 0 Å². The second-order valence-corrected chi connectivity index (χ2v) is 9.05. The molecule has 21 heavy (non-hydrogen) atoms. The number of sulfonamides is 1. The lowest BCUT2D eigenvalue weighted by molar-refractivity contribution is 0.579. The lowest BCUT2D eigenvalue weighted by Gasteiger charge is -2.13. The van der Waals surface area contributed by atoms with Gasteiger partial charge in [-0.05, 0) is 49.6 Å². The summed E-state index contributed by atoms with van der Waals surface area (Å²) in [6.45, 7) is 1.34. The topological polar surface area (TPSA) is 58.2 Å². The van der Waals surface area contributed by atoms with E-state index in [0.717, 1.165) is 24.9 Å². The van der Waals surface area contributed by atoms with Gasteiger partial charge in [0.15, 0.2) is 0 Å². The molecule has 0 radical (unpaired) electrons. The summed E-state index contributed by atoms with van der Waals surface area (Å²) in [7, 11) is -3.38. The van der Waals surface area contributed by atoms with Crippen molar-refractivity contribution in [1.82, 2.24) is 10.0 Å². The number of hydrogen-bond acceptors (Lipinski definition) is 4. The minimum atomic E-state index is -3.38. The quantitative estimate of drug-likeness (QED) is 0.768. The zero-order valence-corrected chi connectivity index (χ0v) is 13.9. The zero-order valence-electron chi connectivity index (χ0n) is 12.3. The van der Waals surface area contributed by atoms with Crippen molar-refractivity contribution >= 4 is 21.8 Å². The lowest BCUT2D eigenvalue weighted by Crippen LogP contribution is -2.31. The van der Waals surface area contributed by atoms with Gasteiger partial charge in [0.05, 0.1) is 4.90 Å². The van der Waals surface area contributed by atoms with Crippen molar-refractivity contribution in [1.29, 1.82) is 0 Å². The standard InChI is InChI=1S/C15H22N2O2S2/c1-20-15(8-9-15)11-17-21(18,19)14-6-2-12(3-7-14)10-16-13-4-5-13/h2-3,6-7,13,16-17H,4-5,8-11H2,1H3. The molecule has 2 saturated carbocycles. The number of hydrogen-bond donors (Lipinski definition) is 2. The third-order valence-corrected chi connectivity index (χ3v) is 7.07. The molecule has 0 amide bonds. The van der Waals surface area contributed by atoms with Gasteiger partial charge in [-0.25, -0.2) is 13.1 Å². The Labute approximate surface area is 131 Å². The first-order chi connectivity index (χ1) is 10.0. The molecular weight excluding hydrogens is 304 g/mol. The first kappa shape index (κ1) is 15.3. The molecule has 0 heterocycles. The van der Waals surface area contributed by atoms with Crippen molar-refractivity contribution in [2.45, 2.75) is 47.9 Å². The fourth-order valence-electron chi connectivity index (χ4n) is 2.24. The van der Waals surface area contributed by atoms with Crippen molar-refractivity contribution in [2.75, 3.05) is 12.8 Å². The highest BCUT2D eigenvalue weighted by Gasteiger charge is 2.42. The summed E-state index contributed by atoms with van der Waals surface area (Å²) in [6, 6.07) is 7.85. The summed E-state index contributed by atoms with van der Waals surface area (Å²) in [6.07, 6.45) is 6.76. The van der Waals surface area contributed by atoms with Gasteiger partial charge in [0.25, 0.3) is 0 Å². The predicted octanol–water partition coefficient (Wildman–Crippen LogP) is 2.11. The van der Waals surface area contributed by atoms with E-state index in [1.807, 2.05) is 18.4 Å². The van der Waals surface area contributed by atoms with Crippen LogP contribution in [-0.2, 0) is 16.6 Å². The Hall–Kier alpha value is -0.560. The fourth-order valence-corrected chi connectivity index (χ4v) is 4.18. The molecule has 0 saturated heterocycles. The Morgan fingerprint density at radius 2 is 1.90 bits per heavy atom. The molecule has 2 aliphatic carbocycles. The first-order valence-electron chi connectivity index (χ1n) is 7.40.